The summed E-state index contributed by atoms with van der Waals surface area (Å²) in [6.45, 7) is 0.319. The molecule has 1 aromatic carbocycles. The van der Waals surface area contributed by atoms with Crippen LogP contribution in [0, 0.1) is 0 Å². The summed E-state index contributed by atoms with van der Waals surface area (Å²) in [7, 11) is 1.29. The maximum atomic E-state index is 11.4. The molecule has 0 bridgehead atoms. The van der Waals surface area contributed by atoms with E-state index in [0.717, 1.165) is 16.9 Å². The Balaban J connectivity index is 1.89. The van der Waals surface area contributed by atoms with Crippen LogP contribution < -0.4 is 5.32 Å². The van der Waals surface area contributed by atoms with Crippen molar-refractivity contribution in [1.29, 1.82) is 0 Å². The van der Waals surface area contributed by atoms with Gasteiger partial charge in [0, 0.05) is 13.0 Å². The third-order valence-electron chi connectivity index (χ3n) is 2.76. The number of methoxy groups -OCH3 is 1. The third-order valence-corrected chi connectivity index (χ3v) is 4.14. The Kier molecular flexibility index (Phi) is 5.55. The second kappa shape index (κ2) is 7.40. The average molecular weight is 327 g/mol. The van der Waals surface area contributed by atoms with Crippen LogP contribution in [0.15, 0.2) is 30.3 Å². The van der Waals surface area contributed by atoms with Crippen LogP contribution in [0.25, 0.3) is 0 Å². The molecule has 1 unspecified atom stereocenters. The maximum Gasteiger partial charge on any atom is 0.351 e. The molecule has 2 aromatic rings. The fourth-order valence-corrected chi connectivity index (χ4v) is 2.87. The van der Waals surface area contributed by atoms with Crippen LogP contribution in [-0.2, 0) is 11.2 Å². The summed E-state index contributed by atoms with van der Waals surface area (Å²) in [4.78, 5) is 15.7. The fraction of sp³-hybridized carbons (Fsp3) is 0.286. The van der Waals surface area contributed by atoms with E-state index in [2.05, 4.69) is 15.0 Å². The van der Waals surface area contributed by atoms with Gasteiger partial charge < -0.3 is 15.2 Å². The second-order valence-electron chi connectivity index (χ2n) is 4.35. The smallest absolute Gasteiger partial charge is 0.351 e. The van der Waals surface area contributed by atoms with Crippen molar-refractivity contribution in [2.24, 2.45) is 0 Å². The monoisotopic (exact) mass is 326 g/mol. The highest BCUT2D eigenvalue weighted by molar-refractivity contribution is 7.18. The Morgan fingerprint density at radius 3 is 2.86 bits per heavy atom. The molecule has 7 heteroatoms. The van der Waals surface area contributed by atoms with Gasteiger partial charge in [0.2, 0.25) is 0 Å². The van der Waals surface area contributed by atoms with Gasteiger partial charge in [-0.15, -0.1) is 0 Å². The number of carbonyl (C=O) groups excluding carboxylic acids is 1. The number of aliphatic hydroxyl groups is 1. The molecule has 2 rings (SSSR count). The van der Waals surface area contributed by atoms with Gasteiger partial charge in [0.1, 0.15) is 0 Å². The Morgan fingerprint density at radius 1 is 1.48 bits per heavy atom. The van der Waals surface area contributed by atoms with E-state index in [9.17, 15) is 9.90 Å². The van der Waals surface area contributed by atoms with Crippen molar-refractivity contribution >= 4 is 34.0 Å². The molecular formula is C14H15ClN2O3S. The van der Waals surface area contributed by atoms with Crippen molar-refractivity contribution in [2.45, 2.75) is 12.5 Å². The van der Waals surface area contributed by atoms with E-state index in [-0.39, 0.29) is 10.0 Å². The Morgan fingerprint density at radius 2 is 2.19 bits per heavy atom. The number of ether oxygens (including phenoxy) is 1. The SMILES string of the molecule is COC(=O)c1sc(NCC(O)Cc2ccccc2)nc1Cl. The normalized spacial score (nSPS) is 12.0. The minimum Gasteiger partial charge on any atom is -0.465 e. The summed E-state index contributed by atoms with van der Waals surface area (Å²) >= 11 is 6.96. The number of rotatable bonds is 6. The molecule has 0 amide bonds. The molecule has 1 aromatic heterocycles. The van der Waals surface area contributed by atoms with Gasteiger partial charge in [0.25, 0.3) is 0 Å². The molecule has 21 heavy (non-hydrogen) atoms. The first-order chi connectivity index (χ1) is 10.1. The predicted molar refractivity (Wildman–Crippen MR) is 83.1 cm³/mol. The lowest BCUT2D eigenvalue weighted by Crippen LogP contribution is -2.21. The lowest BCUT2D eigenvalue weighted by Gasteiger charge is -2.10. The summed E-state index contributed by atoms with van der Waals surface area (Å²) in [5, 5.41) is 13.5. The number of carbonyl (C=O) groups is 1. The minimum atomic E-state index is -0.559. The number of thiazole rings is 1. The predicted octanol–water partition coefficient (Wildman–Crippen LogP) is 2.60. The van der Waals surface area contributed by atoms with Gasteiger partial charge in [-0.05, 0) is 5.56 Å². The third kappa shape index (κ3) is 4.42. The Hall–Kier alpha value is -1.63. The molecule has 1 atom stereocenters. The number of nitrogens with one attached hydrogen (secondary N) is 1. The summed E-state index contributed by atoms with van der Waals surface area (Å²) in [5.41, 5.74) is 1.05. The van der Waals surface area contributed by atoms with E-state index >= 15 is 0 Å². The highest BCUT2D eigenvalue weighted by Gasteiger charge is 2.17. The molecule has 0 aliphatic heterocycles. The molecule has 0 radical (unpaired) electrons. The number of aliphatic hydroxyl groups excluding tert-OH is 1. The van der Waals surface area contributed by atoms with Crippen molar-refractivity contribution in [2.75, 3.05) is 19.0 Å². The van der Waals surface area contributed by atoms with Gasteiger partial charge in [-0.1, -0.05) is 53.3 Å². The molecule has 0 aliphatic rings. The zero-order valence-corrected chi connectivity index (χ0v) is 12.9. The second-order valence-corrected chi connectivity index (χ2v) is 5.71. The van der Waals surface area contributed by atoms with E-state index < -0.39 is 12.1 Å². The first kappa shape index (κ1) is 15.8. The molecule has 0 saturated carbocycles. The van der Waals surface area contributed by atoms with Crippen molar-refractivity contribution in [3.8, 4) is 0 Å². The topological polar surface area (TPSA) is 71.5 Å². The number of hydrogen-bond donors (Lipinski definition) is 2. The number of nitrogens with zero attached hydrogens (tertiary/aromatic N) is 1. The molecule has 0 saturated heterocycles. The molecule has 2 N–H and O–H groups in total. The molecule has 0 aliphatic carbocycles. The number of esters is 1. The first-order valence-corrected chi connectivity index (χ1v) is 7.50. The molecule has 112 valence electrons. The minimum absolute atomic E-state index is 0.104. The van der Waals surface area contributed by atoms with Crippen LogP contribution in [0.3, 0.4) is 0 Å². The van der Waals surface area contributed by atoms with Crippen LogP contribution in [0.1, 0.15) is 15.2 Å². The van der Waals surface area contributed by atoms with Crippen molar-refractivity contribution in [1.82, 2.24) is 4.98 Å². The average Bonchev–Trinajstić information content (AvgIpc) is 2.86. The van der Waals surface area contributed by atoms with E-state index in [1.165, 1.54) is 7.11 Å². The quantitative estimate of drug-likeness (QED) is 0.798. The summed E-state index contributed by atoms with van der Waals surface area (Å²) in [6.07, 6.45) is -0.0202. The van der Waals surface area contributed by atoms with Crippen LogP contribution in [-0.4, -0.2) is 35.8 Å². The van der Waals surface area contributed by atoms with E-state index in [1.807, 2.05) is 30.3 Å². The standard InChI is InChI=1S/C14H15ClN2O3S/c1-20-13(19)11-12(15)17-14(21-11)16-8-10(18)7-9-5-3-2-4-6-9/h2-6,10,18H,7-8H2,1H3,(H,16,17). The molecule has 1 heterocycles. The molecular weight excluding hydrogens is 312 g/mol. The number of halogens is 1. The lowest BCUT2D eigenvalue weighted by molar-refractivity contribution is 0.0606. The van der Waals surface area contributed by atoms with Crippen LogP contribution in [0.2, 0.25) is 5.15 Å². The summed E-state index contributed by atoms with van der Waals surface area (Å²) < 4.78 is 4.60. The zero-order valence-electron chi connectivity index (χ0n) is 11.4. The molecule has 0 fully saturated rings. The highest BCUT2D eigenvalue weighted by Crippen LogP contribution is 2.27. The highest BCUT2D eigenvalue weighted by atomic mass is 35.5. The van der Waals surface area contributed by atoms with Crippen molar-refractivity contribution in [3.63, 3.8) is 0 Å². The molecule has 0 spiro atoms. The van der Waals surface area contributed by atoms with Gasteiger partial charge in [-0.2, -0.15) is 0 Å². The van der Waals surface area contributed by atoms with Gasteiger partial charge in [0.15, 0.2) is 15.2 Å². The van der Waals surface area contributed by atoms with Crippen LogP contribution in [0.5, 0.6) is 0 Å². The number of aromatic nitrogens is 1. The largest absolute Gasteiger partial charge is 0.465 e. The fourth-order valence-electron chi connectivity index (χ4n) is 1.76. The summed E-state index contributed by atoms with van der Waals surface area (Å²) in [6, 6.07) is 9.70. The van der Waals surface area contributed by atoms with Gasteiger partial charge in [0.05, 0.1) is 13.2 Å². The lowest BCUT2D eigenvalue weighted by atomic mass is 10.1. The Labute approximate surface area is 131 Å². The number of hydrogen-bond acceptors (Lipinski definition) is 6. The van der Waals surface area contributed by atoms with Crippen LogP contribution >= 0.6 is 22.9 Å². The van der Waals surface area contributed by atoms with E-state index in [0.29, 0.717) is 18.1 Å². The summed E-state index contributed by atoms with van der Waals surface area (Å²) in [5.74, 6) is -0.518. The number of benzene rings is 1. The molecule has 5 nitrogen and oxygen atoms in total. The van der Waals surface area contributed by atoms with Gasteiger partial charge in [-0.25, -0.2) is 9.78 Å². The first-order valence-electron chi connectivity index (χ1n) is 6.30. The van der Waals surface area contributed by atoms with Crippen molar-refractivity contribution in [3.05, 3.63) is 45.9 Å². The van der Waals surface area contributed by atoms with Gasteiger partial charge in [-0.3, -0.25) is 0 Å². The number of anilines is 1. The van der Waals surface area contributed by atoms with Gasteiger partial charge >= 0.3 is 5.97 Å². The Bertz CT molecular complexity index is 604. The maximum absolute atomic E-state index is 11.4. The van der Waals surface area contributed by atoms with E-state index in [4.69, 9.17) is 11.6 Å². The van der Waals surface area contributed by atoms with Crippen molar-refractivity contribution < 1.29 is 14.6 Å². The van der Waals surface area contributed by atoms with E-state index in [1.54, 1.807) is 0 Å². The zero-order chi connectivity index (χ0) is 15.2. The van der Waals surface area contributed by atoms with Crippen LogP contribution in [0.4, 0.5) is 5.13 Å².